The number of rotatable bonds is 7. The minimum Gasteiger partial charge on any atom is -0.496 e. The van der Waals surface area contributed by atoms with E-state index in [2.05, 4.69) is 50.5 Å². The molecular formula is C16H28N2O. The fraction of sp³-hybridized carbons (Fsp3) is 0.625. The molecule has 0 saturated heterocycles. The maximum absolute atomic E-state index is 5.38. The molecule has 0 bridgehead atoms. The topological polar surface area (TPSA) is 33.3 Å². The van der Waals surface area contributed by atoms with E-state index < -0.39 is 0 Å². The van der Waals surface area contributed by atoms with Crippen molar-refractivity contribution in [3.8, 4) is 5.75 Å². The second kappa shape index (κ2) is 6.92. The van der Waals surface area contributed by atoms with Gasteiger partial charge in [-0.3, -0.25) is 0 Å². The lowest BCUT2D eigenvalue weighted by Crippen LogP contribution is -2.36. The van der Waals surface area contributed by atoms with Crippen molar-refractivity contribution in [1.82, 2.24) is 10.6 Å². The van der Waals surface area contributed by atoms with Crippen LogP contribution in [-0.4, -0.2) is 33.8 Å². The summed E-state index contributed by atoms with van der Waals surface area (Å²) in [7, 11) is 3.70. The first-order chi connectivity index (χ1) is 8.92. The molecule has 0 atom stereocenters. The van der Waals surface area contributed by atoms with Gasteiger partial charge < -0.3 is 15.4 Å². The lowest BCUT2D eigenvalue weighted by atomic mass is 9.81. The number of hydrogen-bond donors (Lipinski definition) is 2. The highest BCUT2D eigenvalue weighted by molar-refractivity contribution is 5.44. The van der Waals surface area contributed by atoms with E-state index in [1.54, 1.807) is 7.11 Å². The van der Waals surface area contributed by atoms with Gasteiger partial charge in [0, 0.05) is 25.0 Å². The van der Waals surface area contributed by atoms with Crippen LogP contribution in [0.15, 0.2) is 12.1 Å². The molecule has 3 heteroatoms. The molecule has 2 N–H and O–H groups in total. The summed E-state index contributed by atoms with van der Waals surface area (Å²) in [5, 5.41) is 6.66. The zero-order valence-corrected chi connectivity index (χ0v) is 13.2. The third-order valence-corrected chi connectivity index (χ3v) is 3.59. The monoisotopic (exact) mass is 264 g/mol. The Labute approximate surface area is 117 Å². The molecule has 0 aromatic heterocycles. The first-order valence-electron chi connectivity index (χ1n) is 6.93. The highest BCUT2D eigenvalue weighted by atomic mass is 16.5. The molecule has 0 aliphatic heterocycles. The number of benzene rings is 1. The third-order valence-electron chi connectivity index (χ3n) is 3.59. The van der Waals surface area contributed by atoms with Crippen molar-refractivity contribution in [2.45, 2.75) is 33.1 Å². The van der Waals surface area contributed by atoms with Gasteiger partial charge in [-0.1, -0.05) is 19.9 Å². The van der Waals surface area contributed by atoms with Crippen LogP contribution in [0.3, 0.4) is 0 Å². The molecule has 0 aliphatic rings. The van der Waals surface area contributed by atoms with Crippen LogP contribution >= 0.6 is 0 Å². The van der Waals surface area contributed by atoms with E-state index in [1.807, 2.05) is 7.05 Å². The Bertz CT molecular complexity index is 413. The fourth-order valence-corrected chi connectivity index (χ4v) is 2.45. The predicted molar refractivity (Wildman–Crippen MR) is 82.3 cm³/mol. The number of aryl methyl sites for hydroxylation is 2. The van der Waals surface area contributed by atoms with Crippen LogP contribution in [0.5, 0.6) is 5.75 Å². The summed E-state index contributed by atoms with van der Waals surface area (Å²) < 4.78 is 5.38. The largest absolute Gasteiger partial charge is 0.496 e. The van der Waals surface area contributed by atoms with Crippen LogP contribution in [0.2, 0.25) is 0 Å². The molecule has 19 heavy (non-hydrogen) atoms. The van der Waals surface area contributed by atoms with Gasteiger partial charge in [-0.15, -0.1) is 0 Å². The number of nitrogens with one attached hydrogen (secondary N) is 2. The second-order valence-electron chi connectivity index (χ2n) is 5.80. The quantitative estimate of drug-likeness (QED) is 0.742. The zero-order valence-electron chi connectivity index (χ0n) is 13.2. The van der Waals surface area contributed by atoms with Gasteiger partial charge in [0.1, 0.15) is 5.75 Å². The SMILES string of the molecule is CNCCNCC(C)(C)c1cc(C)c(OC)cc1C. The molecule has 0 aliphatic carbocycles. The maximum Gasteiger partial charge on any atom is 0.122 e. The van der Waals surface area contributed by atoms with E-state index in [0.29, 0.717) is 0 Å². The summed E-state index contributed by atoms with van der Waals surface area (Å²) in [5.74, 6) is 0.972. The van der Waals surface area contributed by atoms with Crippen LogP contribution in [-0.2, 0) is 5.41 Å². The summed E-state index contributed by atoms with van der Waals surface area (Å²) in [6, 6.07) is 4.40. The van der Waals surface area contributed by atoms with E-state index in [1.165, 1.54) is 16.7 Å². The van der Waals surface area contributed by atoms with Crippen LogP contribution in [0.1, 0.15) is 30.5 Å². The molecular weight excluding hydrogens is 236 g/mol. The van der Waals surface area contributed by atoms with E-state index >= 15 is 0 Å². The fourth-order valence-electron chi connectivity index (χ4n) is 2.45. The molecule has 1 rings (SSSR count). The van der Waals surface area contributed by atoms with E-state index in [0.717, 1.165) is 25.4 Å². The summed E-state index contributed by atoms with van der Waals surface area (Å²) in [4.78, 5) is 0. The van der Waals surface area contributed by atoms with Gasteiger partial charge in [0.15, 0.2) is 0 Å². The van der Waals surface area contributed by atoms with Crippen molar-refractivity contribution in [2.24, 2.45) is 0 Å². The maximum atomic E-state index is 5.38. The Hall–Kier alpha value is -1.06. The van der Waals surface area contributed by atoms with Crippen LogP contribution in [0.25, 0.3) is 0 Å². The number of methoxy groups -OCH3 is 1. The van der Waals surface area contributed by atoms with Gasteiger partial charge in [0.25, 0.3) is 0 Å². The lowest BCUT2D eigenvalue weighted by Gasteiger charge is -2.28. The van der Waals surface area contributed by atoms with Crippen molar-refractivity contribution in [2.75, 3.05) is 33.8 Å². The normalized spacial score (nSPS) is 11.7. The minimum atomic E-state index is 0.120. The Kier molecular flexibility index (Phi) is 5.83. The highest BCUT2D eigenvalue weighted by Gasteiger charge is 2.23. The Balaban J connectivity index is 2.85. The average Bonchev–Trinajstić information content (AvgIpc) is 2.36. The van der Waals surface area contributed by atoms with Crippen molar-refractivity contribution in [3.63, 3.8) is 0 Å². The molecule has 0 unspecified atom stereocenters. The molecule has 1 aromatic rings. The lowest BCUT2D eigenvalue weighted by molar-refractivity contribution is 0.409. The molecule has 108 valence electrons. The molecule has 0 radical (unpaired) electrons. The van der Waals surface area contributed by atoms with Gasteiger partial charge in [0.2, 0.25) is 0 Å². The molecule has 0 saturated carbocycles. The van der Waals surface area contributed by atoms with Gasteiger partial charge in [-0.2, -0.15) is 0 Å². The van der Waals surface area contributed by atoms with Crippen molar-refractivity contribution < 1.29 is 4.74 Å². The number of hydrogen-bond acceptors (Lipinski definition) is 3. The standard InChI is InChI=1S/C16H28N2O/c1-12-10-15(19-6)13(2)9-14(12)16(3,4)11-18-8-7-17-5/h9-10,17-18H,7-8,11H2,1-6H3. The molecule has 0 heterocycles. The first kappa shape index (κ1) is 16.0. The highest BCUT2D eigenvalue weighted by Crippen LogP contribution is 2.31. The number of ether oxygens (including phenoxy) is 1. The molecule has 0 fully saturated rings. The van der Waals surface area contributed by atoms with Gasteiger partial charge in [-0.05, 0) is 43.7 Å². The third kappa shape index (κ3) is 4.22. The van der Waals surface area contributed by atoms with Gasteiger partial charge >= 0.3 is 0 Å². The molecule has 0 amide bonds. The van der Waals surface area contributed by atoms with E-state index in [4.69, 9.17) is 4.74 Å². The van der Waals surface area contributed by atoms with Crippen molar-refractivity contribution in [3.05, 3.63) is 28.8 Å². The Morgan fingerprint density at radius 2 is 1.79 bits per heavy atom. The van der Waals surface area contributed by atoms with Crippen LogP contribution < -0.4 is 15.4 Å². The predicted octanol–water partition coefficient (Wildman–Crippen LogP) is 2.40. The minimum absolute atomic E-state index is 0.120. The summed E-state index contributed by atoms with van der Waals surface area (Å²) in [6.07, 6.45) is 0. The Morgan fingerprint density at radius 3 is 2.37 bits per heavy atom. The smallest absolute Gasteiger partial charge is 0.122 e. The van der Waals surface area contributed by atoms with Crippen LogP contribution in [0.4, 0.5) is 0 Å². The van der Waals surface area contributed by atoms with E-state index in [9.17, 15) is 0 Å². The summed E-state index contributed by atoms with van der Waals surface area (Å²) in [6.45, 7) is 11.8. The average molecular weight is 264 g/mol. The molecule has 3 nitrogen and oxygen atoms in total. The van der Waals surface area contributed by atoms with Gasteiger partial charge in [0.05, 0.1) is 7.11 Å². The summed E-state index contributed by atoms with van der Waals surface area (Å²) in [5.41, 5.74) is 4.01. The first-order valence-corrected chi connectivity index (χ1v) is 6.93. The van der Waals surface area contributed by atoms with E-state index in [-0.39, 0.29) is 5.41 Å². The second-order valence-corrected chi connectivity index (χ2v) is 5.80. The zero-order chi connectivity index (χ0) is 14.5. The molecule has 1 aromatic carbocycles. The number of likely N-dealkylation sites (N-methyl/N-ethyl adjacent to an activating group) is 1. The molecule has 0 spiro atoms. The van der Waals surface area contributed by atoms with Crippen LogP contribution in [0, 0.1) is 13.8 Å². The van der Waals surface area contributed by atoms with Crippen molar-refractivity contribution >= 4 is 0 Å². The Morgan fingerprint density at radius 1 is 1.11 bits per heavy atom. The van der Waals surface area contributed by atoms with Crippen molar-refractivity contribution in [1.29, 1.82) is 0 Å². The summed E-state index contributed by atoms with van der Waals surface area (Å²) >= 11 is 0. The van der Waals surface area contributed by atoms with Gasteiger partial charge in [-0.25, -0.2) is 0 Å².